The largest absolute Gasteiger partial charge is 0.245 e. The van der Waals surface area contributed by atoms with E-state index in [1.807, 2.05) is 0 Å². The lowest BCUT2D eigenvalue weighted by Crippen LogP contribution is -1.99. The Kier molecular flexibility index (Phi) is 2.87. The zero-order valence-electron chi connectivity index (χ0n) is 5.19. The van der Waals surface area contributed by atoms with Gasteiger partial charge in [-0.05, 0) is 12.1 Å². The third kappa shape index (κ3) is 2.68. The van der Waals surface area contributed by atoms with Crippen molar-refractivity contribution in [2.75, 3.05) is 0 Å². The fourth-order valence-electron chi connectivity index (χ4n) is 0.579. The molecular formula is C6H3Cl4N. The van der Waals surface area contributed by atoms with Gasteiger partial charge in [0, 0.05) is 11.8 Å². The first kappa shape index (κ1) is 9.40. The molecule has 0 spiro atoms. The molecule has 60 valence electrons. The quantitative estimate of drug-likeness (QED) is 0.491. The Balaban J connectivity index is 3.06. The molecule has 0 N–H and O–H groups in total. The van der Waals surface area contributed by atoms with Crippen LogP contribution >= 0.6 is 46.4 Å². The summed E-state index contributed by atoms with van der Waals surface area (Å²) < 4.78 is -1.42. The molecule has 0 atom stereocenters. The van der Waals surface area contributed by atoms with Crippen LogP contribution in [0.1, 0.15) is 5.56 Å². The number of pyridine rings is 1. The van der Waals surface area contributed by atoms with E-state index in [-0.39, 0.29) is 0 Å². The number of rotatable bonds is 0. The molecule has 5 heteroatoms. The van der Waals surface area contributed by atoms with Crippen LogP contribution in [0.2, 0.25) is 5.15 Å². The standard InChI is InChI=1S/C6H3Cl4N/c7-5-3-4(1-2-11-5)6(8,9)10/h1-3H. The van der Waals surface area contributed by atoms with Crippen molar-refractivity contribution in [3.63, 3.8) is 0 Å². The van der Waals surface area contributed by atoms with E-state index in [1.54, 1.807) is 6.07 Å². The second kappa shape index (κ2) is 3.36. The number of alkyl halides is 3. The first-order valence-electron chi connectivity index (χ1n) is 2.69. The summed E-state index contributed by atoms with van der Waals surface area (Å²) >= 11 is 22.3. The maximum absolute atomic E-state index is 5.57. The number of halogens is 4. The maximum Gasteiger partial charge on any atom is 0.216 e. The SMILES string of the molecule is Clc1cc(C(Cl)(Cl)Cl)ccn1. The normalized spacial score (nSPS) is 11.6. The van der Waals surface area contributed by atoms with E-state index in [4.69, 9.17) is 46.4 Å². The Morgan fingerprint density at radius 3 is 2.27 bits per heavy atom. The lowest BCUT2D eigenvalue weighted by molar-refractivity contribution is 1.19. The third-order valence-electron chi connectivity index (χ3n) is 1.05. The summed E-state index contributed by atoms with van der Waals surface area (Å²) in [5.74, 6) is 0. The first-order valence-corrected chi connectivity index (χ1v) is 4.20. The van der Waals surface area contributed by atoms with E-state index < -0.39 is 3.79 Å². The zero-order chi connectivity index (χ0) is 8.48. The fraction of sp³-hybridized carbons (Fsp3) is 0.167. The van der Waals surface area contributed by atoms with Crippen molar-refractivity contribution in [3.05, 3.63) is 29.0 Å². The van der Waals surface area contributed by atoms with Gasteiger partial charge in [0.2, 0.25) is 3.79 Å². The molecule has 0 unspecified atom stereocenters. The lowest BCUT2D eigenvalue weighted by atomic mass is 10.3. The summed E-state index contributed by atoms with van der Waals surface area (Å²) in [6.07, 6.45) is 1.49. The molecule has 0 aromatic carbocycles. The minimum Gasteiger partial charge on any atom is -0.245 e. The molecule has 1 aromatic rings. The Morgan fingerprint density at radius 1 is 1.27 bits per heavy atom. The van der Waals surface area contributed by atoms with E-state index in [2.05, 4.69) is 4.98 Å². The molecule has 0 aliphatic rings. The summed E-state index contributed by atoms with van der Waals surface area (Å²) in [6, 6.07) is 3.10. The Hall–Kier alpha value is 0.310. The van der Waals surface area contributed by atoms with Gasteiger partial charge in [0.15, 0.2) is 0 Å². The minimum absolute atomic E-state index is 0.314. The fourth-order valence-corrected chi connectivity index (χ4v) is 1.11. The van der Waals surface area contributed by atoms with Crippen LogP contribution in [0.3, 0.4) is 0 Å². The minimum atomic E-state index is -1.42. The van der Waals surface area contributed by atoms with Crippen molar-refractivity contribution >= 4 is 46.4 Å². The first-order chi connectivity index (χ1) is 5.00. The summed E-state index contributed by atoms with van der Waals surface area (Å²) in [5.41, 5.74) is 0.516. The summed E-state index contributed by atoms with van der Waals surface area (Å²) in [6.45, 7) is 0. The van der Waals surface area contributed by atoms with Gasteiger partial charge in [-0.25, -0.2) is 4.98 Å². The zero-order valence-corrected chi connectivity index (χ0v) is 8.21. The van der Waals surface area contributed by atoms with Crippen LogP contribution < -0.4 is 0 Å². The molecule has 0 radical (unpaired) electrons. The van der Waals surface area contributed by atoms with E-state index >= 15 is 0 Å². The lowest BCUT2D eigenvalue weighted by Gasteiger charge is -2.09. The van der Waals surface area contributed by atoms with E-state index in [0.29, 0.717) is 10.7 Å². The number of hydrogen-bond donors (Lipinski definition) is 0. The Morgan fingerprint density at radius 2 is 1.91 bits per heavy atom. The van der Waals surface area contributed by atoms with Gasteiger partial charge in [-0.15, -0.1) is 0 Å². The van der Waals surface area contributed by atoms with Crippen molar-refractivity contribution in [3.8, 4) is 0 Å². The van der Waals surface area contributed by atoms with Crippen molar-refractivity contribution in [2.24, 2.45) is 0 Å². The molecule has 0 bridgehead atoms. The highest BCUT2D eigenvalue weighted by atomic mass is 35.6. The van der Waals surface area contributed by atoms with Crippen molar-refractivity contribution in [1.29, 1.82) is 0 Å². The molecule has 1 heterocycles. The van der Waals surface area contributed by atoms with Crippen molar-refractivity contribution in [1.82, 2.24) is 4.98 Å². The average molecular weight is 231 g/mol. The van der Waals surface area contributed by atoms with Gasteiger partial charge in [-0.2, -0.15) is 0 Å². The molecule has 0 fully saturated rings. The highest BCUT2D eigenvalue weighted by molar-refractivity contribution is 6.66. The van der Waals surface area contributed by atoms with Gasteiger partial charge in [0.05, 0.1) is 0 Å². The van der Waals surface area contributed by atoms with Crippen LogP contribution in [0.15, 0.2) is 18.3 Å². The van der Waals surface area contributed by atoms with E-state index in [0.717, 1.165) is 0 Å². The van der Waals surface area contributed by atoms with Gasteiger partial charge >= 0.3 is 0 Å². The molecule has 0 aliphatic heterocycles. The number of nitrogens with zero attached hydrogens (tertiary/aromatic N) is 1. The maximum atomic E-state index is 5.57. The van der Waals surface area contributed by atoms with Crippen molar-refractivity contribution in [2.45, 2.75) is 3.79 Å². The second-order valence-corrected chi connectivity index (χ2v) is 4.53. The monoisotopic (exact) mass is 229 g/mol. The summed E-state index contributed by atoms with van der Waals surface area (Å²) in [7, 11) is 0. The number of hydrogen-bond acceptors (Lipinski definition) is 1. The Bertz CT molecular complexity index is 255. The molecule has 0 saturated carbocycles. The number of aromatic nitrogens is 1. The smallest absolute Gasteiger partial charge is 0.216 e. The molecule has 0 amide bonds. The van der Waals surface area contributed by atoms with Crippen LogP contribution in [-0.2, 0) is 3.79 Å². The van der Waals surface area contributed by atoms with Crippen LogP contribution in [0, 0.1) is 0 Å². The molecule has 0 aliphatic carbocycles. The molecule has 0 saturated heterocycles. The average Bonchev–Trinajstić information content (AvgIpc) is 1.86. The van der Waals surface area contributed by atoms with Crippen molar-refractivity contribution < 1.29 is 0 Å². The van der Waals surface area contributed by atoms with Crippen LogP contribution in [0.5, 0.6) is 0 Å². The molecule has 11 heavy (non-hydrogen) atoms. The van der Waals surface area contributed by atoms with Crippen LogP contribution in [-0.4, -0.2) is 4.98 Å². The molecule has 1 rings (SSSR count). The predicted molar refractivity (Wildman–Crippen MR) is 48.5 cm³/mol. The van der Waals surface area contributed by atoms with Crippen LogP contribution in [0.4, 0.5) is 0 Å². The van der Waals surface area contributed by atoms with Gasteiger partial charge < -0.3 is 0 Å². The summed E-state index contributed by atoms with van der Waals surface area (Å²) in [5, 5.41) is 0.314. The van der Waals surface area contributed by atoms with Gasteiger partial charge in [-0.3, -0.25) is 0 Å². The van der Waals surface area contributed by atoms with Crippen LogP contribution in [0.25, 0.3) is 0 Å². The Labute approximate surface area is 84.2 Å². The highest BCUT2D eigenvalue weighted by Gasteiger charge is 2.22. The molecule has 1 aromatic heterocycles. The predicted octanol–water partition coefficient (Wildman–Crippen LogP) is 3.56. The summed E-state index contributed by atoms with van der Waals surface area (Å²) in [4.78, 5) is 3.74. The third-order valence-corrected chi connectivity index (χ3v) is 1.92. The van der Waals surface area contributed by atoms with E-state index in [9.17, 15) is 0 Å². The topological polar surface area (TPSA) is 12.9 Å². The highest BCUT2D eigenvalue weighted by Crippen LogP contribution is 2.38. The van der Waals surface area contributed by atoms with Gasteiger partial charge in [0.1, 0.15) is 5.15 Å². The van der Waals surface area contributed by atoms with Gasteiger partial charge in [0.25, 0.3) is 0 Å². The van der Waals surface area contributed by atoms with Gasteiger partial charge in [-0.1, -0.05) is 46.4 Å². The molecular weight excluding hydrogens is 228 g/mol. The molecule has 1 nitrogen and oxygen atoms in total. The van der Waals surface area contributed by atoms with E-state index in [1.165, 1.54) is 12.3 Å². The second-order valence-electron chi connectivity index (χ2n) is 1.86.